The Hall–Kier alpha value is -1.66. The molecule has 0 rings (SSSR count). The van der Waals surface area contributed by atoms with Crippen LogP contribution in [0.15, 0.2) is 24.3 Å². The van der Waals surface area contributed by atoms with Gasteiger partial charge in [-0.25, -0.2) is 0 Å². The van der Waals surface area contributed by atoms with Gasteiger partial charge in [0.15, 0.2) is 0 Å². The molecule has 0 aliphatic heterocycles. The van der Waals surface area contributed by atoms with Gasteiger partial charge in [0.05, 0.1) is 25.4 Å². The molecule has 0 bridgehead atoms. The standard InChI is InChI=1S/C57H109NO5/c1-3-5-7-9-11-13-15-16-23-27-31-35-39-43-47-51-57(62)63-52-48-44-40-36-32-28-25-22-20-18-17-19-21-24-26-30-34-38-42-46-50-56(61)58-54(53-59)55(60)49-45-41-37-33-29-14-12-10-8-6-4-2/h16-17,19,23,54-55,59-60H,3-15,18,20-22,24-53H2,1-2H3,(H,58,61)/b19-17-,23-16-. The predicted molar refractivity (Wildman–Crippen MR) is 273 cm³/mol. The highest BCUT2D eigenvalue weighted by Gasteiger charge is 2.20. The fourth-order valence-electron chi connectivity index (χ4n) is 8.63. The Morgan fingerprint density at radius 1 is 0.429 bits per heavy atom. The summed E-state index contributed by atoms with van der Waals surface area (Å²) in [6.07, 6.45) is 63.1. The van der Waals surface area contributed by atoms with Gasteiger partial charge in [0, 0.05) is 12.8 Å². The average Bonchev–Trinajstić information content (AvgIpc) is 3.28. The summed E-state index contributed by atoms with van der Waals surface area (Å²) in [5.74, 6) is -0.0464. The number of nitrogens with one attached hydrogen (secondary N) is 1. The number of allylic oxidation sites excluding steroid dienone is 4. The van der Waals surface area contributed by atoms with E-state index in [-0.39, 0.29) is 18.5 Å². The van der Waals surface area contributed by atoms with Gasteiger partial charge in [-0.1, -0.05) is 237 Å². The number of amides is 1. The lowest BCUT2D eigenvalue weighted by Crippen LogP contribution is -2.45. The smallest absolute Gasteiger partial charge is 0.305 e. The molecule has 3 N–H and O–H groups in total. The molecule has 6 nitrogen and oxygen atoms in total. The molecule has 0 aliphatic rings. The van der Waals surface area contributed by atoms with Crippen LogP contribution in [0.3, 0.4) is 0 Å². The summed E-state index contributed by atoms with van der Waals surface area (Å²) < 4.78 is 5.47. The van der Waals surface area contributed by atoms with Crippen molar-refractivity contribution >= 4 is 11.9 Å². The van der Waals surface area contributed by atoms with Crippen LogP contribution in [-0.2, 0) is 14.3 Å². The second kappa shape index (κ2) is 53.0. The zero-order valence-electron chi connectivity index (χ0n) is 42.3. The predicted octanol–water partition coefficient (Wildman–Crippen LogP) is 17.1. The van der Waals surface area contributed by atoms with Crippen molar-refractivity contribution in [2.75, 3.05) is 13.2 Å². The Labute approximate surface area is 392 Å². The van der Waals surface area contributed by atoms with E-state index in [1.165, 1.54) is 225 Å². The van der Waals surface area contributed by atoms with E-state index in [2.05, 4.69) is 43.5 Å². The summed E-state index contributed by atoms with van der Waals surface area (Å²) in [4.78, 5) is 24.5. The molecule has 0 fully saturated rings. The van der Waals surface area contributed by atoms with E-state index in [0.717, 1.165) is 44.9 Å². The molecule has 0 spiro atoms. The van der Waals surface area contributed by atoms with Crippen molar-refractivity contribution in [1.29, 1.82) is 0 Å². The van der Waals surface area contributed by atoms with Crippen LogP contribution in [-0.4, -0.2) is 47.4 Å². The molecule has 0 aromatic carbocycles. The van der Waals surface area contributed by atoms with Gasteiger partial charge >= 0.3 is 5.97 Å². The van der Waals surface area contributed by atoms with Crippen LogP contribution in [0.5, 0.6) is 0 Å². The SMILES string of the molecule is CCCCCCCC/C=C\CCCCCCCC(=O)OCCCCCCCCCCC/C=C\CCCCCCCCCC(=O)NC(CO)C(O)CCCCCCCCCCCCC. The van der Waals surface area contributed by atoms with Gasteiger partial charge in [-0.05, 0) is 77.0 Å². The zero-order chi connectivity index (χ0) is 45.8. The maximum absolute atomic E-state index is 12.4. The Balaban J connectivity index is 3.42. The molecule has 2 unspecified atom stereocenters. The lowest BCUT2D eigenvalue weighted by atomic mass is 10.0. The molecule has 0 saturated carbocycles. The van der Waals surface area contributed by atoms with Crippen molar-refractivity contribution in [3.05, 3.63) is 24.3 Å². The Morgan fingerprint density at radius 3 is 1.13 bits per heavy atom. The number of carbonyl (C=O) groups excluding carboxylic acids is 2. The highest BCUT2D eigenvalue weighted by molar-refractivity contribution is 5.76. The van der Waals surface area contributed by atoms with Crippen LogP contribution < -0.4 is 5.32 Å². The van der Waals surface area contributed by atoms with Crippen molar-refractivity contribution in [1.82, 2.24) is 5.32 Å². The second-order valence-corrected chi connectivity index (χ2v) is 19.3. The molecular weight excluding hydrogens is 779 g/mol. The molecular formula is C57H109NO5. The molecule has 2 atom stereocenters. The minimum Gasteiger partial charge on any atom is -0.466 e. The second-order valence-electron chi connectivity index (χ2n) is 19.3. The summed E-state index contributed by atoms with van der Waals surface area (Å²) >= 11 is 0. The van der Waals surface area contributed by atoms with Gasteiger partial charge < -0.3 is 20.3 Å². The van der Waals surface area contributed by atoms with Gasteiger partial charge in [-0.3, -0.25) is 9.59 Å². The van der Waals surface area contributed by atoms with Crippen LogP contribution in [0.1, 0.15) is 303 Å². The highest BCUT2D eigenvalue weighted by atomic mass is 16.5. The first kappa shape index (κ1) is 61.3. The normalized spacial score (nSPS) is 12.8. The third-order valence-corrected chi connectivity index (χ3v) is 13.0. The third-order valence-electron chi connectivity index (χ3n) is 13.0. The molecule has 372 valence electrons. The van der Waals surface area contributed by atoms with E-state index in [9.17, 15) is 19.8 Å². The maximum atomic E-state index is 12.4. The molecule has 6 heteroatoms. The van der Waals surface area contributed by atoms with E-state index in [4.69, 9.17) is 4.74 Å². The first-order valence-corrected chi connectivity index (χ1v) is 28.1. The molecule has 63 heavy (non-hydrogen) atoms. The van der Waals surface area contributed by atoms with Crippen molar-refractivity contribution in [2.45, 2.75) is 315 Å². The van der Waals surface area contributed by atoms with Crippen molar-refractivity contribution in [3.63, 3.8) is 0 Å². The van der Waals surface area contributed by atoms with Crippen LogP contribution in [0, 0.1) is 0 Å². The molecule has 1 amide bonds. The van der Waals surface area contributed by atoms with E-state index >= 15 is 0 Å². The van der Waals surface area contributed by atoms with Crippen LogP contribution >= 0.6 is 0 Å². The lowest BCUT2D eigenvalue weighted by Gasteiger charge is -2.22. The van der Waals surface area contributed by atoms with Gasteiger partial charge in [0.2, 0.25) is 5.91 Å². The monoisotopic (exact) mass is 888 g/mol. The fourth-order valence-corrected chi connectivity index (χ4v) is 8.63. The minimum absolute atomic E-state index is 0.00178. The number of aliphatic hydroxyl groups excluding tert-OH is 2. The van der Waals surface area contributed by atoms with Crippen molar-refractivity contribution < 1.29 is 24.5 Å². The van der Waals surface area contributed by atoms with E-state index in [1.54, 1.807) is 0 Å². The number of carbonyl (C=O) groups is 2. The number of esters is 1. The number of hydrogen-bond donors (Lipinski definition) is 3. The zero-order valence-corrected chi connectivity index (χ0v) is 42.3. The van der Waals surface area contributed by atoms with E-state index in [1.807, 2.05) is 0 Å². The topological polar surface area (TPSA) is 95.9 Å². The van der Waals surface area contributed by atoms with Crippen molar-refractivity contribution in [2.24, 2.45) is 0 Å². The van der Waals surface area contributed by atoms with E-state index < -0.39 is 12.1 Å². The highest BCUT2D eigenvalue weighted by Crippen LogP contribution is 2.16. The minimum atomic E-state index is -0.668. The van der Waals surface area contributed by atoms with Crippen LogP contribution in [0.2, 0.25) is 0 Å². The maximum Gasteiger partial charge on any atom is 0.305 e. The van der Waals surface area contributed by atoms with Gasteiger partial charge in [0.1, 0.15) is 0 Å². The lowest BCUT2D eigenvalue weighted by molar-refractivity contribution is -0.143. The number of rotatable bonds is 52. The number of ether oxygens (including phenoxy) is 1. The van der Waals surface area contributed by atoms with Gasteiger partial charge in [0.25, 0.3) is 0 Å². The molecule has 0 radical (unpaired) electrons. The van der Waals surface area contributed by atoms with Crippen molar-refractivity contribution in [3.8, 4) is 0 Å². The third kappa shape index (κ3) is 49.6. The summed E-state index contributed by atoms with van der Waals surface area (Å²) in [5.41, 5.74) is 0. The summed E-state index contributed by atoms with van der Waals surface area (Å²) in [6.45, 7) is 4.93. The van der Waals surface area contributed by atoms with Crippen LogP contribution in [0.25, 0.3) is 0 Å². The number of aliphatic hydroxyl groups is 2. The molecule has 0 saturated heterocycles. The number of unbranched alkanes of at least 4 members (excludes halogenated alkanes) is 37. The largest absolute Gasteiger partial charge is 0.466 e. The average molecular weight is 889 g/mol. The fraction of sp³-hybridized carbons (Fsp3) is 0.895. The summed E-state index contributed by atoms with van der Waals surface area (Å²) in [6, 6.07) is -0.546. The Bertz CT molecular complexity index is 982. The van der Waals surface area contributed by atoms with Gasteiger partial charge in [-0.15, -0.1) is 0 Å². The molecule has 0 aliphatic carbocycles. The van der Waals surface area contributed by atoms with E-state index in [0.29, 0.717) is 25.9 Å². The number of hydrogen-bond acceptors (Lipinski definition) is 5. The molecule has 0 heterocycles. The summed E-state index contributed by atoms with van der Waals surface area (Å²) in [7, 11) is 0. The Kier molecular flexibility index (Phi) is 51.6. The first-order chi connectivity index (χ1) is 31.0. The van der Waals surface area contributed by atoms with Crippen LogP contribution in [0.4, 0.5) is 0 Å². The molecule has 0 aromatic rings. The molecule has 0 aromatic heterocycles. The first-order valence-electron chi connectivity index (χ1n) is 28.1. The summed E-state index contributed by atoms with van der Waals surface area (Å²) in [5, 5.41) is 23.2. The Morgan fingerprint density at radius 2 is 0.746 bits per heavy atom. The van der Waals surface area contributed by atoms with Gasteiger partial charge in [-0.2, -0.15) is 0 Å². The quantitative estimate of drug-likeness (QED) is 0.0321.